The lowest BCUT2D eigenvalue weighted by atomic mass is 10.1. The second-order valence-electron chi connectivity index (χ2n) is 5.01. The van der Waals surface area contributed by atoms with Crippen LogP contribution in [0, 0.1) is 6.92 Å². The van der Waals surface area contributed by atoms with Gasteiger partial charge >= 0.3 is 5.97 Å². The van der Waals surface area contributed by atoms with Crippen LogP contribution in [0.2, 0.25) is 0 Å². The molecule has 0 aliphatic rings. The van der Waals surface area contributed by atoms with Crippen LogP contribution in [0.25, 0.3) is 11.0 Å². The number of hydrogen-bond donors (Lipinski definition) is 1. The SMILES string of the molecule is COC(=O)c1ccc(C)c(NS(=O)(=O)c2cccc3nonc23)c1. The maximum Gasteiger partial charge on any atom is 0.337 e. The molecule has 8 nitrogen and oxygen atoms in total. The van der Waals surface area contributed by atoms with Crippen molar-refractivity contribution in [2.45, 2.75) is 11.8 Å². The van der Waals surface area contributed by atoms with E-state index in [1.54, 1.807) is 31.2 Å². The van der Waals surface area contributed by atoms with Gasteiger partial charge in [0, 0.05) is 0 Å². The number of nitrogens with one attached hydrogen (secondary N) is 1. The third kappa shape index (κ3) is 2.81. The number of sulfonamides is 1. The molecule has 2 aromatic carbocycles. The molecule has 9 heteroatoms. The van der Waals surface area contributed by atoms with Crippen molar-refractivity contribution in [3.05, 3.63) is 47.5 Å². The lowest BCUT2D eigenvalue weighted by molar-refractivity contribution is 0.0601. The van der Waals surface area contributed by atoms with Crippen LogP contribution in [0.5, 0.6) is 0 Å². The van der Waals surface area contributed by atoms with Crippen LogP contribution in [-0.4, -0.2) is 31.8 Å². The first-order valence-electron chi connectivity index (χ1n) is 6.85. The zero-order chi connectivity index (χ0) is 17.3. The molecule has 0 saturated carbocycles. The Morgan fingerprint density at radius 1 is 1.21 bits per heavy atom. The summed E-state index contributed by atoms with van der Waals surface area (Å²) in [5.41, 5.74) is 1.62. The molecule has 0 saturated heterocycles. The molecule has 0 aliphatic heterocycles. The average molecular weight is 347 g/mol. The summed E-state index contributed by atoms with van der Waals surface area (Å²) in [5, 5.41) is 7.25. The Balaban J connectivity index is 2.04. The summed E-state index contributed by atoms with van der Waals surface area (Å²) in [6.07, 6.45) is 0. The highest BCUT2D eigenvalue weighted by Gasteiger charge is 2.21. The highest BCUT2D eigenvalue weighted by molar-refractivity contribution is 7.93. The Labute approximate surface area is 137 Å². The van der Waals surface area contributed by atoms with Crippen LogP contribution in [0.4, 0.5) is 5.69 Å². The standard InChI is InChI=1S/C15H13N3O5S/c1-9-6-7-10(15(19)22-2)8-12(9)18-24(20,21)13-5-3-4-11-14(13)17-23-16-11/h3-8,18H,1-2H3. The highest BCUT2D eigenvalue weighted by Crippen LogP contribution is 2.25. The molecule has 3 rings (SSSR count). The Morgan fingerprint density at radius 3 is 2.75 bits per heavy atom. The van der Waals surface area contributed by atoms with Gasteiger partial charge in [-0.25, -0.2) is 17.8 Å². The smallest absolute Gasteiger partial charge is 0.337 e. The Kier molecular flexibility index (Phi) is 3.94. The summed E-state index contributed by atoms with van der Waals surface area (Å²) in [7, 11) is -2.69. The quantitative estimate of drug-likeness (QED) is 0.719. The number of fused-ring (bicyclic) bond motifs is 1. The Bertz CT molecular complexity index is 1030. The number of methoxy groups -OCH3 is 1. The Morgan fingerprint density at radius 2 is 2.00 bits per heavy atom. The fourth-order valence-electron chi connectivity index (χ4n) is 2.17. The van der Waals surface area contributed by atoms with Crippen molar-refractivity contribution in [1.82, 2.24) is 10.3 Å². The summed E-state index contributed by atoms with van der Waals surface area (Å²) in [4.78, 5) is 11.6. The normalized spacial score (nSPS) is 11.4. The van der Waals surface area contributed by atoms with Gasteiger partial charge in [0.2, 0.25) is 0 Å². The fraction of sp³-hybridized carbons (Fsp3) is 0.133. The van der Waals surface area contributed by atoms with Gasteiger partial charge in [0.25, 0.3) is 10.0 Å². The van der Waals surface area contributed by atoms with E-state index in [-0.39, 0.29) is 21.7 Å². The first kappa shape index (κ1) is 15.9. The molecule has 1 N–H and O–H groups in total. The summed E-state index contributed by atoms with van der Waals surface area (Å²) in [5.74, 6) is -0.557. The summed E-state index contributed by atoms with van der Waals surface area (Å²) in [6, 6.07) is 9.13. The predicted molar refractivity (Wildman–Crippen MR) is 85.1 cm³/mol. The number of nitrogens with zero attached hydrogens (tertiary/aromatic N) is 2. The molecule has 3 aromatic rings. The predicted octanol–water partition coefficient (Wildman–Crippen LogP) is 2.12. The van der Waals surface area contributed by atoms with Crippen molar-refractivity contribution in [2.24, 2.45) is 0 Å². The number of ether oxygens (including phenoxy) is 1. The number of hydrogen-bond acceptors (Lipinski definition) is 7. The molecule has 0 bridgehead atoms. The zero-order valence-corrected chi connectivity index (χ0v) is 13.6. The van der Waals surface area contributed by atoms with E-state index in [1.807, 2.05) is 0 Å². The van der Waals surface area contributed by atoms with E-state index in [0.717, 1.165) is 0 Å². The van der Waals surface area contributed by atoms with Gasteiger partial charge in [-0.1, -0.05) is 12.1 Å². The van der Waals surface area contributed by atoms with Crippen molar-refractivity contribution >= 4 is 32.7 Å². The molecule has 0 atom stereocenters. The van der Waals surface area contributed by atoms with Crippen LogP contribution in [-0.2, 0) is 14.8 Å². The van der Waals surface area contributed by atoms with Crippen molar-refractivity contribution in [2.75, 3.05) is 11.8 Å². The average Bonchev–Trinajstić information content (AvgIpc) is 3.04. The van der Waals surface area contributed by atoms with E-state index in [2.05, 4.69) is 24.4 Å². The lowest BCUT2D eigenvalue weighted by Gasteiger charge is -2.11. The van der Waals surface area contributed by atoms with E-state index in [9.17, 15) is 13.2 Å². The minimum absolute atomic E-state index is 0.0656. The van der Waals surface area contributed by atoms with Gasteiger partial charge in [-0.05, 0) is 47.1 Å². The van der Waals surface area contributed by atoms with Gasteiger partial charge in [-0.3, -0.25) is 4.72 Å². The molecule has 0 aliphatic carbocycles. The van der Waals surface area contributed by atoms with E-state index in [1.165, 1.54) is 19.2 Å². The number of anilines is 1. The molecular formula is C15H13N3O5S. The van der Waals surface area contributed by atoms with E-state index < -0.39 is 16.0 Å². The maximum absolute atomic E-state index is 12.7. The van der Waals surface area contributed by atoms with E-state index in [4.69, 9.17) is 0 Å². The van der Waals surface area contributed by atoms with Crippen LogP contribution in [0.15, 0.2) is 45.9 Å². The molecule has 0 radical (unpaired) electrons. The van der Waals surface area contributed by atoms with Gasteiger partial charge in [0.15, 0.2) is 5.52 Å². The molecule has 0 unspecified atom stereocenters. The number of aryl methyl sites for hydroxylation is 1. The first-order valence-corrected chi connectivity index (χ1v) is 8.34. The fourth-order valence-corrected chi connectivity index (χ4v) is 3.45. The molecule has 1 heterocycles. The lowest BCUT2D eigenvalue weighted by Crippen LogP contribution is -2.15. The highest BCUT2D eigenvalue weighted by atomic mass is 32.2. The largest absolute Gasteiger partial charge is 0.465 e. The van der Waals surface area contributed by atoms with Crippen molar-refractivity contribution < 1.29 is 22.6 Å². The van der Waals surface area contributed by atoms with Crippen LogP contribution in [0.3, 0.4) is 0 Å². The number of benzene rings is 2. The molecule has 24 heavy (non-hydrogen) atoms. The number of carbonyl (C=O) groups is 1. The molecule has 1 aromatic heterocycles. The zero-order valence-electron chi connectivity index (χ0n) is 12.8. The minimum Gasteiger partial charge on any atom is -0.465 e. The van der Waals surface area contributed by atoms with Crippen LogP contribution >= 0.6 is 0 Å². The van der Waals surface area contributed by atoms with Crippen molar-refractivity contribution in [1.29, 1.82) is 0 Å². The number of esters is 1. The van der Waals surface area contributed by atoms with Crippen molar-refractivity contribution in [3.8, 4) is 0 Å². The second kappa shape index (κ2) is 5.93. The summed E-state index contributed by atoms with van der Waals surface area (Å²) in [6.45, 7) is 1.72. The molecule has 124 valence electrons. The third-order valence-corrected chi connectivity index (χ3v) is 4.84. The van der Waals surface area contributed by atoms with E-state index in [0.29, 0.717) is 11.1 Å². The van der Waals surface area contributed by atoms with E-state index >= 15 is 0 Å². The first-order chi connectivity index (χ1) is 11.4. The van der Waals surface area contributed by atoms with Crippen LogP contribution in [0.1, 0.15) is 15.9 Å². The topological polar surface area (TPSA) is 111 Å². The number of rotatable bonds is 4. The van der Waals surface area contributed by atoms with Gasteiger partial charge in [-0.2, -0.15) is 0 Å². The maximum atomic E-state index is 12.7. The Hall–Kier alpha value is -2.94. The number of carbonyl (C=O) groups excluding carboxylic acids is 1. The van der Waals surface area contributed by atoms with Gasteiger partial charge in [0.1, 0.15) is 10.4 Å². The van der Waals surface area contributed by atoms with Gasteiger partial charge in [-0.15, -0.1) is 0 Å². The van der Waals surface area contributed by atoms with Crippen LogP contribution < -0.4 is 4.72 Å². The number of aromatic nitrogens is 2. The molecule has 0 fully saturated rings. The minimum atomic E-state index is -3.95. The van der Waals surface area contributed by atoms with Gasteiger partial charge < -0.3 is 4.74 Å². The monoisotopic (exact) mass is 347 g/mol. The van der Waals surface area contributed by atoms with Gasteiger partial charge in [0.05, 0.1) is 18.4 Å². The summed E-state index contributed by atoms with van der Waals surface area (Å²) >= 11 is 0. The summed E-state index contributed by atoms with van der Waals surface area (Å²) < 4.78 is 37.1. The molecular weight excluding hydrogens is 334 g/mol. The third-order valence-electron chi connectivity index (χ3n) is 3.44. The van der Waals surface area contributed by atoms with Crippen molar-refractivity contribution in [3.63, 3.8) is 0 Å². The second-order valence-corrected chi connectivity index (χ2v) is 6.67. The molecule has 0 spiro atoms. The molecule has 0 amide bonds.